The molecule has 0 unspecified atom stereocenters. The first kappa shape index (κ1) is 14.0. The normalized spacial score (nSPS) is 15.5. The van der Waals surface area contributed by atoms with Gasteiger partial charge in [0.25, 0.3) is 0 Å². The molecule has 0 atom stereocenters. The van der Waals surface area contributed by atoms with E-state index in [1.54, 1.807) is 12.1 Å². The molecule has 1 aliphatic carbocycles. The second-order valence-electron chi connectivity index (χ2n) is 5.33. The third-order valence-corrected chi connectivity index (χ3v) is 3.92. The van der Waals surface area contributed by atoms with Gasteiger partial charge in [0.05, 0.1) is 18.8 Å². The molecule has 0 spiro atoms. The standard InChI is InChI=1S/C15H19FN4O/c16-12-7-3-4-8-13(12)20(11-5-1-2-6-11)10-14-18-15(9-17)21-19-14/h3-4,7-8,11H,1-2,5-6,9-10,17H2. The molecule has 5 nitrogen and oxygen atoms in total. The highest BCUT2D eigenvalue weighted by molar-refractivity contribution is 5.48. The number of hydrogen-bond acceptors (Lipinski definition) is 5. The van der Waals surface area contributed by atoms with Crippen molar-refractivity contribution in [1.82, 2.24) is 10.1 Å². The summed E-state index contributed by atoms with van der Waals surface area (Å²) in [7, 11) is 0. The molecule has 0 saturated heterocycles. The van der Waals surface area contributed by atoms with Crippen LogP contribution in [0.4, 0.5) is 10.1 Å². The fourth-order valence-corrected chi connectivity index (χ4v) is 2.90. The lowest BCUT2D eigenvalue weighted by Crippen LogP contribution is -2.33. The lowest BCUT2D eigenvalue weighted by Gasteiger charge is -2.30. The van der Waals surface area contributed by atoms with Crippen molar-refractivity contribution >= 4 is 5.69 Å². The summed E-state index contributed by atoms with van der Waals surface area (Å²) in [5.74, 6) is 0.738. The number of rotatable bonds is 5. The molecular formula is C15H19FN4O. The van der Waals surface area contributed by atoms with Crippen LogP contribution in [0.3, 0.4) is 0 Å². The Kier molecular flexibility index (Phi) is 4.15. The Bertz CT molecular complexity index is 595. The van der Waals surface area contributed by atoms with Gasteiger partial charge in [-0.25, -0.2) is 4.39 Å². The van der Waals surface area contributed by atoms with Gasteiger partial charge in [-0.1, -0.05) is 30.1 Å². The van der Waals surface area contributed by atoms with E-state index < -0.39 is 0 Å². The van der Waals surface area contributed by atoms with Crippen LogP contribution in [0.2, 0.25) is 0 Å². The van der Waals surface area contributed by atoms with Gasteiger partial charge in [0.1, 0.15) is 5.82 Å². The third kappa shape index (κ3) is 3.05. The molecule has 0 aliphatic heterocycles. The number of para-hydroxylation sites is 1. The minimum absolute atomic E-state index is 0.216. The summed E-state index contributed by atoms with van der Waals surface area (Å²) in [6.45, 7) is 0.658. The van der Waals surface area contributed by atoms with Crippen LogP contribution in [0.1, 0.15) is 37.4 Å². The van der Waals surface area contributed by atoms with Gasteiger partial charge in [-0.2, -0.15) is 4.98 Å². The highest BCUT2D eigenvalue weighted by Gasteiger charge is 2.26. The quantitative estimate of drug-likeness (QED) is 0.916. The number of anilines is 1. The molecule has 1 fully saturated rings. The first-order valence-corrected chi connectivity index (χ1v) is 7.30. The zero-order chi connectivity index (χ0) is 14.7. The molecule has 1 heterocycles. The second kappa shape index (κ2) is 6.22. The summed E-state index contributed by atoms with van der Waals surface area (Å²) in [5.41, 5.74) is 6.08. The van der Waals surface area contributed by atoms with Crippen LogP contribution in [-0.4, -0.2) is 16.2 Å². The van der Waals surface area contributed by atoms with E-state index in [4.69, 9.17) is 10.3 Å². The van der Waals surface area contributed by atoms with Gasteiger partial charge in [0, 0.05) is 6.04 Å². The van der Waals surface area contributed by atoms with Crippen molar-refractivity contribution in [3.8, 4) is 0 Å². The van der Waals surface area contributed by atoms with Crippen molar-refractivity contribution in [3.63, 3.8) is 0 Å². The van der Waals surface area contributed by atoms with Gasteiger partial charge in [-0.3, -0.25) is 0 Å². The van der Waals surface area contributed by atoms with E-state index in [1.807, 2.05) is 11.0 Å². The average molecular weight is 290 g/mol. The molecule has 0 bridgehead atoms. The molecule has 1 aromatic carbocycles. The average Bonchev–Trinajstić information content (AvgIpc) is 3.17. The summed E-state index contributed by atoms with van der Waals surface area (Å²) in [6.07, 6.45) is 4.48. The Hall–Kier alpha value is -1.95. The molecule has 0 radical (unpaired) electrons. The molecule has 6 heteroatoms. The van der Waals surface area contributed by atoms with Crippen LogP contribution in [-0.2, 0) is 13.1 Å². The SMILES string of the molecule is NCc1nc(CN(c2ccccc2F)C2CCCC2)no1. The zero-order valence-corrected chi connectivity index (χ0v) is 11.8. The summed E-state index contributed by atoms with van der Waals surface area (Å²) in [6, 6.07) is 7.16. The molecule has 112 valence electrons. The van der Waals surface area contributed by atoms with Crippen molar-refractivity contribution in [2.24, 2.45) is 5.73 Å². The number of halogens is 1. The zero-order valence-electron chi connectivity index (χ0n) is 11.8. The summed E-state index contributed by atoms with van der Waals surface area (Å²) < 4.78 is 19.2. The van der Waals surface area contributed by atoms with Crippen molar-refractivity contribution < 1.29 is 8.91 Å². The van der Waals surface area contributed by atoms with Crippen LogP contribution >= 0.6 is 0 Å². The van der Waals surface area contributed by atoms with Gasteiger partial charge in [-0.05, 0) is 25.0 Å². The molecule has 1 aliphatic rings. The van der Waals surface area contributed by atoms with Crippen LogP contribution in [0.25, 0.3) is 0 Å². The Morgan fingerprint density at radius 3 is 2.71 bits per heavy atom. The van der Waals surface area contributed by atoms with Crippen LogP contribution in [0.15, 0.2) is 28.8 Å². The predicted molar refractivity (Wildman–Crippen MR) is 77.0 cm³/mol. The Labute approximate surface area is 122 Å². The Morgan fingerprint density at radius 1 is 1.29 bits per heavy atom. The number of benzene rings is 1. The van der Waals surface area contributed by atoms with Gasteiger partial charge >= 0.3 is 0 Å². The predicted octanol–water partition coefficient (Wildman–Crippen LogP) is 2.62. The largest absolute Gasteiger partial charge is 0.359 e. The minimum Gasteiger partial charge on any atom is -0.359 e. The maximum Gasteiger partial charge on any atom is 0.240 e. The molecule has 1 aromatic heterocycles. The van der Waals surface area contributed by atoms with E-state index in [0.717, 1.165) is 12.8 Å². The van der Waals surface area contributed by atoms with Crippen molar-refractivity contribution in [1.29, 1.82) is 0 Å². The fraction of sp³-hybridized carbons (Fsp3) is 0.467. The summed E-state index contributed by atoms with van der Waals surface area (Å²) >= 11 is 0. The molecule has 3 rings (SSSR count). The maximum atomic E-state index is 14.1. The first-order chi connectivity index (χ1) is 10.3. The molecule has 2 N–H and O–H groups in total. The van der Waals surface area contributed by atoms with Gasteiger partial charge in [0.15, 0.2) is 5.82 Å². The van der Waals surface area contributed by atoms with E-state index in [-0.39, 0.29) is 12.4 Å². The number of nitrogens with zero attached hydrogens (tertiary/aromatic N) is 3. The van der Waals surface area contributed by atoms with Crippen LogP contribution in [0, 0.1) is 5.82 Å². The van der Waals surface area contributed by atoms with Crippen molar-refractivity contribution in [3.05, 3.63) is 41.8 Å². The van der Waals surface area contributed by atoms with Gasteiger partial charge < -0.3 is 15.2 Å². The van der Waals surface area contributed by atoms with E-state index in [1.165, 1.54) is 18.9 Å². The number of aromatic nitrogens is 2. The van der Waals surface area contributed by atoms with E-state index in [9.17, 15) is 4.39 Å². The first-order valence-electron chi connectivity index (χ1n) is 7.30. The second-order valence-corrected chi connectivity index (χ2v) is 5.33. The van der Waals surface area contributed by atoms with E-state index in [2.05, 4.69) is 10.1 Å². The molecular weight excluding hydrogens is 271 g/mol. The molecule has 1 saturated carbocycles. The minimum atomic E-state index is -0.216. The summed E-state index contributed by atoms with van der Waals surface area (Å²) in [4.78, 5) is 6.28. The van der Waals surface area contributed by atoms with Crippen molar-refractivity contribution in [2.75, 3.05) is 4.90 Å². The van der Waals surface area contributed by atoms with Crippen LogP contribution in [0.5, 0.6) is 0 Å². The smallest absolute Gasteiger partial charge is 0.240 e. The molecule has 2 aromatic rings. The van der Waals surface area contributed by atoms with E-state index >= 15 is 0 Å². The van der Waals surface area contributed by atoms with E-state index in [0.29, 0.717) is 30.0 Å². The number of nitrogens with two attached hydrogens (primary N) is 1. The number of hydrogen-bond donors (Lipinski definition) is 1. The Balaban J connectivity index is 1.87. The highest BCUT2D eigenvalue weighted by Crippen LogP contribution is 2.30. The van der Waals surface area contributed by atoms with Crippen LogP contribution < -0.4 is 10.6 Å². The summed E-state index contributed by atoms with van der Waals surface area (Å²) in [5, 5.41) is 3.92. The lowest BCUT2D eigenvalue weighted by atomic mass is 10.1. The van der Waals surface area contributed by atoms with Gasteiger partial charge in [-0.15, -0.1) is 0 Å². The molecule has 21 heavy (non-hydrogen) atoms. The van der Waals surface area contributed by atoms with Crippen molar-refractivity contribution in [2.45, 2.75) is 44.8 Å². The van der Waals surface area contributed by atoms with Gasteiger partial charge in [0.2, 0.25) is 5.89 Å². The lowest BCUT2D eigenvalue weighted by molar-refractivity contribution is 0.373. The topological polar surface area (TPSA) is 68.2 Å². The maximum absolute atomic E-state index is 14.1. The molecule has 0 amide bonds. The monoisotopic (exact) mass is 290 g/mol. The highest BCUT2D eigenvalue weighted by atomic mass is 19.1. The third-order valence-electron chi connectivity index (χ3n) is 3.92. The Morgan fingerprint density at radius 2 is 2.05 bits per heavy atom. The fourth-order valence-electron chi connectivity index (χ4n) is 2.90.